The van der Waals surface area contributed by atoms with Gasteiger partial charge in [0.1, 0.15) is 0 Å². The number of carbonyl (C=O) groups excluding carboxylic acids is 1. The van der Waals surface area contributed by atoms with Crippen LogP contribution in [-0.4, -0.2) is 36.1 Å². The molecule has 98 valence electrons. The van der Waals surface area contributed by atoms with Crippen LogP contribution in [-0.2, 0) is 4.79 Å². The Morgan fingerprint density at radius 2 is 2.44 bits per heavy atom. The van der Waals surface area contributed by atoms with Crippen LogP contribution in [0.5, 0.6) is 5.75 Å². The maximum atomic E-state index is 11.6. The maximum absolute atomic E-state index is 11.6. The monoisotopic (exact) mass is 252 g/mol. The van der Waals surface area contributed by atoms with Gasteiger partial charge in [-0.05, 0) is 12.8 Å². The lowest BCUT2D eigenvalue weighted by Crippen LogP contribution is -2.42. The van der Waals surface area contributed by atoms with E-state index in [0.29, 0.717) is 12.4 Å². The number of ether oxygens (including phenoxy) is 1. The zero-order chi connectivity index (χ0) is 13.1. The molecule has 2 heterocycles. The van der Waals surface area contributed by atoms with Gasteiger partial charge in [-0.3, -0.25) is 9.59 Å². The van der Waals surface area contributed by atoms with Crippen LogP contribution in [0.15, 0.2) is 11.1 Å². The molecule has 2 rings (SSSR count). The molecule has 0 saturated carbocycles. The van der Waals surface area contributed by atoms with Crippen LogP contribution in [0.3, 0.4) is 0 Å². The summed E-state index contributed by atoms with van der Waals surface area (Å²) in [6, 6.07) is 0. The molecule has 18 heavy (non-hydrogen) atoms. The van der Waals surface area contributed by atoms with Crippen LogP contribution in [0, 0.1) is 5.92 Å². The van der Waals surface area contributed by atoms with Crippen molar-refractivity contribution >= 4 is 11.7 Å². The number of piperidine rings is 1. The van der Waals surface area contributed by atoms with Gasteiger partial charge in [-0.1, -0.05) is 0 Å². The van der Waals surface area contributed by atoms with Crippen molar-refractivity contribution in [1.82, 2.24) is 9.97 Å². The number of rotatable bonds is 3. The third-order valence-corrected chi connectivity index (χ3v) is 3.12. The van der Waals surface area contributed by atoms with E-state index in [1.165, 1.54) is 13.4 Å². The van der Waals surface area contributed by atoms with E-state index < -0.39 is 0 Å². The topological polar surface area (TPSA) is 101 Å². The van der Waals surface area contributed by atoms with Gasteiger partial charge in [0.2, 0.25) is 11.7 Å². The summed E-state index contributed by atoms with van der Waals surface area (Å²) in [5.74, 6) is 0.114. The molecular formula is C11H16N4O3. The van der Waals surface area contributed by atoms with Crippen molar-refractivity contribution < 1.29 is 9.53 Å². The Morgan fingerprint density at radius 3 is 3.11 bits per heavy atom. The standard InChI is InChI=1S/C11H16N4O3/c1-18-8-10(13-6-14-11(8)17)15-4-2-3-7(5-15)9(12)16/h6-7H,2-5H2,1H3,(H2,12,16)(H,13,14,17). The minimum absolute atomic E-state index is 0.169. The third kappa shape index (κ3) is 2.29. The van der Waals surface area contributed by atoms with E-state index in [9.17, 15) is 9.59 Å². The average Bonchev–Trinajstić information content (AvgIpc) is 2.38. The van der Waals surface area contributed by atoms with Crippen LogP contribution < -0.4 is 20.9 Å². The lowest BCUT2D eigenvalue weighted by Gasteiger charge is -2.32. The van der Waals surface area contributed by atoms with Gasteiger partial charge in [-0.25, -0.2) is 4.98 Å². The van der Waals surface area contributed by atoms with Gasteiger partial charge in [-0.15, -0.1) is 0 Å². The number of anilines is 1. The van der Waals surface area contributed by atoms with Crippen LogP contribution in [0.2, 0.25) is 0 Å². The maximum Gasteiger partial charge on any atom is 0.295 e. The number of methoxy groups -OCH3 is 1. The quantitative estimate of drug-likeness (QED) is 0.753. The zero-order valence-corrected chi connectivity index (χ0v) is 10.2. The Balaban J connectivity index is 2.28. The van der Waals surface area contributed by atoms with Gasteiger partial charge in [0, 0.05) is 13.1 Å². The van der Waals surface area contributed by atoms with Gasteiger partial charge in [0.15, 0.2) is 5.82 Å². The number of primary amides is 1. The summed E-state index contributed by atoms with van der Waals surface area (Å²) in [5.41, 5.74) is 4.99. The van der Waals surface area contributed by atoms with Gasteiger partial charge >= 0.3 is 0 Å². The van der Waals surface area contributed by atoms with Crippen molar-refractivity contribution in [3.63, 3.8) is 0 Å². The second-order valence-corrected chi connectivity index (χ2v) is 4.28. The molecule has 1 unspecified atom stereocenters. The third-order valence-electron chi connectivity index (χ3n) is 3.12. The number of hydrogen-bond donors (Lipinski definition) is 2. The van der Waals surface area contributed by atoms with Gasteiger partial charge in [-0.2, -0.15) is 0 Å². The molecule has 1 atom stereocenters. The molecular weight excluding hydrogens is 236 g/mol. The fraction of sp³-hybridized carbons (Fsp3) is 0.545. The fourth-order valence-electron chi connectivity index (χ4n) is 2.19. The highest BCUT2D eigenvalue weighted by Gasteiger charge is 2.27. The Bertz CT molecular complexity index is 499. The van der Waals surface area contributed by atoms with Crippen molar-refractivity contribution in [3.8, 4) is 5.75 Å². The molecule has 1 aliphatic rings. The number of nitrogens with zero attached hydrogens (tertiary/aromatic N) is 2. The van der Waals surface area contributed by atoms with Crippen molar-refractivity contribution in [2.24, 2.45) is 11.7 Å². The molecule has 7 heteroatoms. The minimum Gasteiger partial charge on any atom is -0.489 e. The first-order chi connectivity index (χ1) is 8.63. The summed E-state index contributed by atoms with van der Waals surface area (Å²) in [4.78, 5) is 31.3. The molecule has 0 radical (unpaired) electrons. The first kappa shape index (κ1) is 12.4. The first-order valence-corrected chi connectivity index (χ1v) is 5.79. The first-order valence-electron chi connectivity index (χ1n) is 5.79. The largest absolute Gasteiger partial charge is 0.489 e. The van der Waals surface area contributed by atoms with E-state index in [4.69, 9.17) is 10.5 Å². The molecule has 3 N–H and O–H groups in total. The van der Waals surface area contributed by atoms with E-state index in [1.54, 1.807) is 0 Å². The molecule has 1 aromatic heterocycles. The van der Waals surface area contributed by atoms with Gasteiger partial charge < -0.3 is 20.4 Å². The second kappa shape index (κ2) is 5.07. The molecule has 7 nitrogen and oxygen atoms in total. The number of aromatic amines is 1. The molecule has 0 spiro atoms. The number of hydrogen-bond acceptors (Lipinski definition) is 5. The highest BCUT2D eigenvalue weighted by Crippen LogP contribution is 2.26. The smallest absolute Gasteiger partial charge is 0.295 e. The molecule has 1 amide bonds. The van der Waals surface area contributed by atoms with E-state index in [2.05, 4.69) is 9.97 Å². The molecule has 0 aliphatic carbocycles. The summed E-state index contributed by atoms with van der Waals surface area (Å²) in [7, 11) is 1.42. The zero-order valence-electron chi connectivity index (χ0n) is 10.2. The lowest BCUT2D eigenvalue weighted by atomic mass is 9.97. The SMILES string of the molecule is COc1c(N2CCCC(C(N)=O)C2)nc[nH]c1=O. The van der Waals surface area contributed by atoms with E-state index in [0.717, 1.165) is 19.4 Å². The summed E-state index contributed by atoms with van der Waals surface area (Å²) in [6.45, 7) is 1.21. The summed E-state index contributed by atoms with van der Waals surface area (Å²) in [6.07, 6.45) is 2.94. The van der Waals surface area contributed by atoms with Crippen molar-refractivity contribution in [2.75, 3.05) is 25.1 Å². The van der Waals surface area contributed by atoms with Crippen LogP contribution in [0.25, 0.3) is 0 Å². The molecule has 0 bridgehead atoms. The normalized spacial score (nSPS) is 19.6. The fourth-order valence-corrected chi connectivity index (χ4v) is 2.19. The molecule has 1 aromatic rings. The number of nitrogens with one attached hydrogen (secondary N) is 1. The summed E-state index contributed by atoms with van der Waals surface area (Å²) >= 11 is 0. The number of aromatic nitrogens is 2. The number of amides is 1. The second-order valence-electron chi connectivity index (χ2n) is 4.28. The Morgan fingerprint density at radius 1 is 1.67 bits per heavy atom. The Kier molecular flexibility index (Phi) is 3.50. The Hall–Kier alpha value is -2.05. The van der Waals surface area contributed by atoms with E-state index >= 15 is 0 Å². The molecule has 1 saturated heterocycles. The molecule has 1 fully saturated rings. The predicted octanol–water partition coefficient (Wildman–Crippen LogP) is -0.520. The van der Waals surface area contributed by atoms with Crippen molar-refractivity contribution in [3.05, 3.63) is 16.7 Å². The predicted molar refractivity (Wildman–Crippen MR) is 65.5 cm³/mol. The lowest BCUT2D eigenvalue weighted by molar-refractivity contribution is -0.122. The minimum atomic E-state index is -0.330. The van der Waals surface area contributed by atoms with Crippen LogP contribution in [0.4, 0.5) is 5.82 Å². The van der Waals surface area contributed by atoms with Gasteiger partial charge in [0.05, 0.1) is 19.4 Å². The highest BCUT2D eigenvalue weighted by atomic mass is 16.5. The Labute approximate surface area is 104 Å². The average molecular weight is 252 g/mol. The molecule has 0 aromatic carbocycles. The van der Waals surface area contributed by atoms with Crippen LogP contribution in [0.1, 0.15) is 12.8 Å². The van der Waals surface area contributed by atoms with E-state index in [-0.39, 0.29) is 23.1 Å². The van der Waals surface area contributed by atoms with E-state index in [1.807, 2.05) is 4.90 Å². The molecule has 1 aliphatic heterocycles. The number of H-pyrrole nitrogens is 1. The van der Waals surface area contributed by atoms with Crippen molar-refractivity contribution in [1.29, 1.82) is 0 Å². The van der Waals surface area contributed by atoms with Gasteiger partial charge in [0.25, 0.3) is 5.56 Å². The number of carbonyl (C=O) groups is 1. The summed E-state index contributed by atoms with van der Waals surface area (Å²) < 4.78 is 5.06. The van der Waals surface area contributed by atoms with Crippen molar-refractivity contribution in [2.45, 2.75) is 12.8 Å². The number of nitrogens with two attached hydrogens (primary N) is 1. The van der Waals surface area contributed by atoms with Crippen LogP contribution >= 0.6 is 0 Å². The summed E-state index contributed by atoms with van der Waals surface area (Å²) in [5, 5.41) is 0. The highest BCUT2D eigenvalue weighted by molar-refractivity contribution is 5.77.